The summed E-state index contributed by atoms with van der Waals surface area (Å²) in [6.07, 6.45) is 0.721. The van der Waals surface area contributed by atoms with Crippen LogP contribution in [0.3, 0.4) is 0 Å². The molecule has 0 radical (unpaired) electrons. The molecule has 3 aromatic rings. The fraction of sp³-hybridized carbons (Fsp3) is 0.176. The molecule has 0 saturated heterocycles. The third-order valence-corrected chi connectivity index (χ3v) is 4.49. The monoisotopic (exact) mass is 345 g/mol. The van der Waals surface area contributed by atoms with Gasteiger partial charge in [-0.1, -0.05) is 47.6 Å². The molecule has 0 fully saturated rings. The summed E-state index contributed by atoms with van der Waals surface area (Å²) in [6.45, 7) is 0. The predicted molar refractivity (Wildman–Crippen MR) is 93.2 cm³/mol. The van der Waals surface area contributed by atoms with E-state index >= 15 is 0 Å². The van der Waals surface area contributed by atoms with Crippen molar-refractivity contribution in [2.45, 2.75) is 17.3 Å². The number of thioether (sulfide) groups is 1. The van der Waals surface area contributed by atoms with Crippen LogP contribution in [0.15, 0.2) is 53.7 Å². The number of H-pyrrole nitrogens is 1. The standard InChI is InChI=1S/C17H16ClN3OS/c1-22-15-8-4-12(5-9-15)10-16-19-17(21-20-16)23-11-13-2-6-14(18)7-3-13/h2-9H,10-11H2,1H3,(H,19,20,21). The van der Waals surface area contributed by atoms with Gasteiger partial charge in [0.15, 0.2) is 0 Å². The van der Waals surface area contributed by atoms with E-state index in [0.717, 1.165) is 39.5 Å². The zero-order chi connectivity index (χ0) is 16.1. The quantitative estimate of drug-likeness (QED) is 0.675. The molecule has 3 rings (SSSR count). The lowest BCUT2D eigenvalue weighted by Gasteiger charge is -2.01. The van der Waals surface area contributed by atoms with Gasteiger partial charge >= 0.3 is 0 Å². The lowest BCUT2D eigenvalue weighted by molar-refractivity contribution is 0.414. The number of aromatic nitrogens is 3. The molecule has 0 spiro atoms. The maximum atomic E-state index is 5.88. The van der Waals surface area contributed by atoms with Crippen LogP contribution in [0.4, 0.5) is 0 Å². The first-order chi connectivity index (χ1) is 11.2. The minimum absolute atomic E-state index is 0.721. The maximum absolute atomic E-state index is 5.88. The third kappa shape index (κ3) is 4.50. The largest absolute Gasteiger partial charge is 0.497 e. The number of ether oxygens (including phenoxy) is 1. The van der Waals surface area contributed by atoms with Crippen molar-refractivity contribution in [3.05, 3.63) is 70.5 Å². The fourth-order valence-electron chi connectivity index (χ4n) is 2.09. The second kappa shape index (κ2) is 7.53. The van der Waals surface area contributed by atoms with Crippen LogP contribution < -0.4 is 4.74 Å². The number of hydrogen-bond donors (Lipinski definition) is 1. The van der Waals surface area contributed by atoms with E-state index in [1.807, 2.05) is 48.5 Å². The number of benzene rings is 2. The van der Waals surface area contributed by atoms with Gasteiger partial charge in [-0.15, -0.1) is 5.10 Å². The van der Waals surface area contributed by atoms with E-state index in [9.17, 15) is 0 Å². The van der Waals surface area contributed by atoms with Crippen LogP contribution in [-0.2, 0) is 12.2 Å². The molecule has 23 heavy (non-hydrogen) atoms. The Morgan fingerprint density at radius 1 is 1.04 bits per heavy atom. The molecule has 1 N–H and O–H groups in total. The summed E-state index contributed by atoms with van der Waals surface area (Å²) in [6, 6.07) is 15.8. The van der Waals surface area contributed by atoms with E-state index in [0.29, 0.717) is 0 Å². The van der Waals surface area contributed by atoms with Crippen LogP contribution in [0, 0.1) is 0 Å². The van der Waals surface area contributed by atoms with Crippen molar-refractivity contribution in [1.29, 1.82) is 0 Å². The Hall–Kier alpha value is -1.98. The summed E-state index contributed by atoms with van der Waals surface area (Å²) in [5.74, 6) is 2.52. The molecule has 0 saturated carbocycles. The SMILES string of the molecule is COc1ccc(Cc2nc(SCc3ccc(Cl)cc3)n[nH]2)cc1. The molecule has 6 heteroatoms. The first-order valence-electron chi connectivity index (χ1n) is 7.14. The Bertz CT molecular complexity index is 756. The van der Waals surface area contributed by atoms with Gasteiger partial charge in [-0.25, -0.2) is 4.98 Å². The van der Waals surface area contributed by atoms with Crippen molar-refractivity contribution in [2.75, 3.05) is 7.11 Å². The summed E-state index contributed by atoms with van der Waals surface area (Å²) in [7, 11) is 1.66. The zero-order valence-corrected chi connectivity index (χ0v) is 14.2. The van der Waals surface area contributed by atoms with E-state index < -0.39 is 0 Å². The fourth-order valence-corrected chi connectivity index (χ4v) is 2.99. The summed E-state index contributed by atoms with van der Waals surface area (Å²) in [5.41, 5.74) is 2.36. The summed E-state index contributed by atoms with van der Waals surface area (Å²) in [4.78, 5) is 4.52. The molecule has 0 aliphatic heterocycles. The van der Waals surface area contributed by atoms with Crippen molar-refractivity contribution < 1.29 is 4.74 Å². The normalized spacial score (nSPS) is 10.7. The second-order valence-corrected chi connectivity index (χ2v) is 6.38. The van der Waals surface area contributed by atoms with Gasteiger partial charge in [0.1, 0.15) is 11.6 Å². The molecule has 1 aromatic heterocycles. The van der Waals surface area contributed by atoms with Gasteiger partial charge in [-0.05, 0) is 35.4 Å². The molecular weight excluding hydrogens is 330 g/mol. The molecule has 118 valence electrons. The molecule has 0 unspecified atom stereocenters. The lowest BCUT2D eigenvalue weighted by Crippen LogP contribution is -1.91. The van der Waals surface area contributed by atoms with Gasteiger partial charge in [0.2, 0.25) is 5.16 Å². The summed E-state index contributed by atoms with van der Waals surface area (Å²) >= 11 is 7.48. The second-order valence-electron chi connectivity index (χ2n) is 5.00. The van der Waals surface area contributed by atoms with Crippen molar-refractivity contribution in [3.8, 4) is 5.75 Å². The number of halogens is 1. The molecule has 0 aliphatic rings. The van der Waals surface area contributed by atoms with E-state index in [-0.39, 0.29) is 0 Å². The number of rotatable bonds is 6. The maximum Gasteiger partial charge on any atom is 0.208 e. The predicted octanol–water partition coefficient (Wildman–Crippen LogP) is 4.35. The molecule has 0 atom stereocenters. The van der Waals surface area contributed by atoms with Crippen molar-refractivity contribution >= 4 is 23.4 Å². The Morgan fingerprint density at radius 3 is 2.43 bits per heavy atom. The Kier molecular flexibility index (Phi) is 5.20. The highest BCUT2D eigenvalue weighted by Crippen LogP contribution is 2.21. The van der Waals surface area contributed by atoms with E-state index in [1.165, 1.54) is 5.56 Å². The highest BCUT2D eigenvalue weighted by molar-refractivity contribution is 7.98. The number of nitrogens with zero attached hydrogens (tertiary/aromatic N) is 2. The highest BCUT2D eigenvalue weighted by Gasteiger charge is 2.06. The molecule has 1 heterocycles. The first kappa shape index (κ1) is 15.9. The highest BCUT2D eigenvalue weighted by atomic mass is 35.5. The Balaban J connectivity index is 1.57. The minimum atomic E-state index is 0.721. The molecule has 0 aliphatic carbocycles. The number of aromatic amines is 1. The van der Waals surface area contributed by atoms with Gasteiger partial charge < -0.3 is 4.74 Å². The summed E-state index contributed by atoms with van der Waals surface area (Å²) in [5, 5.41) is 8.75. The van der Waals surface area contributed by atoms with Crippen LogP contribution in [0.25, 0.3) is 0 Å². The summed E-state index contributed by atoms with van der Waals surface area (Å²) < 4.78 is 5.16. The minimum Gasteiger partial charge on any atom is -0.497 e. The number of methoxy groups -OCH3 is 1. The first-order valence-corrected chi connectivity index (χ1v) is 8.51. The van der Waals surface area contributed by atoms with Crippen molar-refractivity contribution in [2.24, 2.45) is 0 Å². The van der Waals surface area contributed by atoms with Crippen LogP contribution in [0.2, 0.25) is 5.02 Å². The van der Waals surface area contributed by atoms with Crippen LogP contribution in [0.1, 0.15) is 17.0 Å². The van der Waals surface area contributed by atoms with Gasteiger partial charge in [-0.3, -0.25) is 5.10 Å². The van der Waals surface area contributed by atoms with Crippen molar-refractivity contribution in [3.63, 3.8) is 0 Å². The number of hydrogen-bond acceptors (Lipinski definition) is 4. The molecule has 0 amide bonds. The molecular formula is C17H16ClN3OS. The zero-order valence-electron chi connectivity index (χ0n) is 12.6. The molecule has 0 bridgehead atoms. The van der Waals surface area contributed by atoms with Crippen LogP contribution in [0.5, 0.6) is 5.75 Å². The molecule has 2 aromatic carbocycles. The topological polar surface area (TPSA) is 50.8 Å². The van der Waals surface area contributed by atoms with Gasteiger partial charge in [0, 0.05) is 17.2 Å². The lowest BCUT2D eigenvalue weighted by atomic mass is 10.1. The van der Waals surface area contributed by atoms with E-state index in [2.05, 4.69) is 15.2 Å². The average Bonchev–Trinajstić information content (AvgIpc) is 3.02. The third-order valence-electron chi connectivity index (χ3n) is 3.32. The Morgan fingerprint density at radius 2 is 1.74 bits per heavy atom. The smallest absolute Gasteiger partial charge is 0.208 e. The van der Waals surface area contributed by atoms with Gasteiger partial charge in [0.25, 0.3) is 0 Å². The van der Waals surface area contributed by atoms with Crippen molar-refractivity contribution in [1.82, 2.24) is 15.2 Å². The van der Waals surface area contributed by atoms with Gasteiger partial charge in [-0.2, -0.15) is 0 Å². The van der Waals surface area contributed by atoms with Crippen LogP contribution in [-0.4, -0.2) is 22.3 Å². The molecule has 4 nitrogen and oxygen atoms in total. The van der Waals surface area contributed by atoms with Crippen LogP contribution >= 0.6 is 23.4 Å². The Labute approximate surface area is 144 Å². The van der Waals surface area contributed by atoms with Gasteiger partial charge in [0.05, 0.1) is 7.11 Å². The van der Waals surface area contributed by atoms with E-state index in [1.54, 1.807) is 18.9 Å². The number of nitrogens with one attached hydrogen (secondary N) is 1. The van der Waals surface area contributed by atoms with E-state index in [4.69, 9.17) is 16.3 Å². The average molecular weight is 346 g/mol.